The molecule has 0 bridgehead atoms. The van der Waals surface area contributed by atoms with Gasteiger partial charge in [0.2, 0.25) is 11.8 Å². The van der Waals surface area contributed by atoms with Crippen LogP contribution in [0.25, 0.3) is 0 Å². The topological polar surface area (TPSA) is 151 Å². The zero-order chi connectivity index (χ0) is 31.5. The van der Waals surface area contributed by atoms with Crippen molar-refractivity contribution in [2.24, 2.45) is 11.7 Å². The van der Waals surface area contributed by atoms with E-state index in [0.29, 0.717) is 30.0 Å². The van der Waals surface area contributed by atoms with Crippen LogP contribution in [0, 0.1) is 5.92 Å². The SMILES string of the molecule is CC(C)N(CC1CCN(c2cnc(C(N)=O)cn2)CC1)C1CC(Oc2ccc3c(c2)C2(CC2)N(C2CCC(=O)NC2=O)C3=O)C1. The molecule has 3 aliphatic heterocycles. The summed E-state index contributed by atoms with van der Waals surface area (Å²) in [5, 5.41) is 2.41. The van der Waals surface area contributed by atoms with Gasteiger partial charge in [0.05, 0.1) is 17.9 Å². The molecule has 12 nitrogen and oxygen atoms in total. The second-order valence-electron chi connectivity index (χ2n) is 13.6. The monoisotopic (exact) mass is 615 g/mol. The van der Waals surface area contributed by atoms with Crippen molar-refractivity contribution in [3.63, 3.8) is 0 Å². The van der Waals surface area contributed by atoms with Crippen LogP contribution in [0.4, 0.5) is 5.82 Å². The lowest BCUT2D eigenvalue weighted by molar-refractivity contribution is -0.137. The van der Waals surface area contributed by atoms with Gasteiger partial charge in [-0.05, 0) is 75.6 Å². The molecular formula is C33H41N7O5. The van der Waals surface area contributed by atoms with Gasteiger partial charge in [0.15, 0.2) is 0 Å². The highest BCUT2D eigenvalue weighted by Crippen LogP contribution is 2.58. The van der Waals surface area contributed by atoms with Crippen molar-refractivity contribution in [2.75, 3.05) is 24.5 Å². The molecule has 1 aromatic heterocycles. The molecule has 4 fully saturated rings. The lowest BCUT2D eigenvalue weighted by Gasteiger charge is -2.46. The van der Waals surface area contributed by atoms with E-state index in [4.69, 9.17) is 10.5 Å². The number of hydrogen-bond acceptors (Lipinski definition) is 9. The Kier molecular flexibility index (Phi) is 7.50. The lowest BCUT2D eigenvalue weighted by Crippen LogP contribution is -2.55. The molecule has 1 aromatic carbocycles. The largest absolute Gasteiger partial charge is 0.490 e. The van der Waals surface area contributed by atoms with Crippen LogP contribution < -0.4 is 20.7 Å². The Bertz CT molecular complexity index is 1510. The third kappa shape index (κ3) is 5.43. The number of hydrogen-bond donors (Lipinski definition) is 2. The first-order valence-corrected chi connectivity index (χ1v) is 16.2. The van der Waals surface area contributed by atoms with Crippen LogP contribution in [0.15, 0.2) is 30.6 Å². The quantitative estimate of drug-likeness (QED) is 0.405. The number of fused-ring (bicyclic) bond motifs is 2. The minimum Gasteiger partial charge on any atom is -0.490 e. The van der Waals surface area contributed by atoms with Gasteiger partial charge in [-0.2, -0.15) is 0 Å². The van der Waals surface area contributed by atoms with Gasteiger partial charge in [-0.1, -0.05) is 0 Å². The second kappa shape index (κ2) is 11.4. The zero-order valence-electron chi connectivity index (χ0n) is 25.9. The van der Waals surface area contributed by atoms with Crippen molar-refractivity contribution in [1.29, 1.82) is 0 Å². The molecule has 45 heavy (non-hydrogen) atoms. The molecule has 238 valence electrons. The lowest BCUT2D eigenvalue weighted by atomic mass is 9.85. The van der Waals surface area contributed by atoms with Gasteiger partial charge in [-0.3, -0.25) is 29.4 Å². The number of carbonyl (C=O) groups is 4. The number of nitrogens with one attached hydrogen (secondary N) is 1. The first-order valence-electron chi connectivity index (χ1n) is 16.2. The Labute approximate surface area is 262 Å². The van der Waals surface area contributed by atoms with Gasteiger partial charge >= 0.3 is 0 Å². The fourth-order valence-corrected chi connectivity index (χ4v) is 7.75. The van der Waals surface area contributed by atoms with Crippen LogP contribution in [0.2, 0.25) is 0 Å². The van der Waals surface area contributed by atoms with E-state index in [-0.39, 0.29) is 35.9 Å². The average Bonchev–Trinajstić information content (AvgIpc) is 3.76. The van der Waals surface area contributed by atoms with E-state index in [1.807, 2.05) is 18.2 Å². The molecule has 7 rings (SSSR count). The molecule has 4 amide bonds. The van der Waals surface area contributed by atoms with Crippen LogP contribution in [0.1, 0.15) is 91.6 Å². The number of anilines is 1. The normalized spacial score (nSPS) is 25.9. The number of amides is 4. The van der Waals surface area contributed by atoms with Crippen LogP contribution in [0.3, 0.4) is 0 Å². The highest BCUT2D eigenvalue weighted by Gasteiger charge is 2.61. The van der Waals surface area contributed by atoms with E-state index in [0.717, 1.165) is 75.3 Å². The van der Waals surface area contributed by atoms with Crippen molar-refractivity contribution in [1.82, 2.24) is 25.1 Å². The summed E-state index contributed by atoms with van der Waals surface area (Å²) >= 11 is 0. The molecule has 0 radical (unpaired) electrons. The Balaban J connectivity index is 0.933. The predicted molar refractivity (Wildman–Crippen MR) is 164 cm³/mol. The third-order valence-corrected chi connectivity index (χ3v) is 10.5. The summed E-state index contributed by atoms with van der Waals surface area (Å²) < 4.78 is 6.46. The van der Waals surface area contributed by atoms with Gasteiger partial charge in [-0.25, -0.2) is 9.97 Å². The Morgan fingerprint density at radius 1 is 1.11 bits per heavy atom. The van der Waals surface area contributed by atoms with Crippen molar-refractivity contribution in [3.8, 4) is 5.75 Å². The number of benzene rings is 1. The third-order valence-electron chi connectivity index (χ3n) is 10.5. The second-order valence-corrected chi connectivity index (χ2v) is 13.6. The summed E-state index contributed by atoms with van der Waals surface area (Å²) in [6.07, 6.45) is 9.51. The molecule has 12 heteroatoms. The summed E-state index contributed by atoms with van der Waals surface area (Å²) in [5.41, 5.74) is 6.61. The fourth-order valence-electron chi connectivity index (χ4n) is 7.75. The van der Waals surface area contributed by atoms with Crippen LogP contribution in [-0.4, -0.2) is 87.3 Å². The van der Waals surface area contributed by atoms with Gasteiger partial charge < -0.3 is 20.3 Å². The number of imide groups is 1. The Hall–Kier alpha value is -4.06. The minimum atomic E-state index is -0.611. The first kappa shape index (κ1) is 29.6. The van der Waals surface area contributed by atoms with Crippen molar-refractivity contribution in [3.05, 3.63) is 47.4 Å². The summed E-state index contributed by atoms with van der Waals surface area (Å²) in [6, 6.07) is 6.03. The van der Waals surface area contributed by atoms with Crippen LogP contribution in [0.5, 0.6) is 5.75 Å². The van der Waals surface area contributed by atoms with E-state index in [1.165, 1.54) is 6.20 Å². The predicted octanol–water partition coefficient (Wildman–Crippen LogP) is 2.36. The molecule has 5 aliphatic rings. The van der Waals surface area contributed by atoms with Crippen molar-refractivity contribution >= 4 is 29.4 Å². The number of aromatic nitrogens is 2. The molecular weight excluding hydrogens is 574 g/mol. The molecule has 2 aromatic rings. The highest BCUT2D eigenvalue weighted by atomic mass is 16.5. The van der Waals surface area contributed by atoms with Gasteiger partial charge in [0, 0.05) is 56.5 Å². The van der Waals surface area contributed by atoms with Gasteiger partial charge in [0.1, 0.15) is 29.4 Å². The summed E-state index contributed by atoms with van der Waals surface area (Å²) in [6.45, 7) is 7.39. The van der Waals surface area contributed by atoms with E-state index in [9.17, 15) is 19.2 Å². The van der Waals surface area contributed by atoms with E-state index in [2.05, 4.69) is 38.9 Å². The van der Waals surface area contributed by atoms with E-state index in [1.54, 1.807) is 11.1 Å². The average molecular weight is 616 g/mol. The molecule has 1 unspecified atom stereocenters. The molecule has 1 spiro atoms. The van der Waals surface area contributed by atoms with Crippen LogP contribution >= 0.6 is 0 Å². The minimum absolute atomic E-state index is 0.122. The standard InChI is InChI=1S/C33H41N7O5/c1-19(2)39(18-20-7-11-38(12-8-20)28-17-35-26(16-36-28)30(34)42)21-13-23(14-21)45-22-3-4-24-25(15-22)33(9-10-33)40(32(24)44)27-5-6-29(41)37-31(27)43/h3-4,15-17,19-21,23,27H,5-14,18H2,1-2H3,(H2,34,42)(H,37,41,43). The smallest absolute Gasteiger partial charge is 0.268 e. The number of nitrogens with two attached hydrogens (primary N) is 1. The van der Waals surface area contributed by atoms with E-state index < -0.39 is 17.5 Å². The number of primary amides is 1. The Morgan fingerprint density at radius 2 is 1.87 bits per heavy atom. The zero-order valence-corrected chi connectivity index (χ0v) is 25.9. The number of carbonyl (C=O) groups excluding carboxylic acids is 4. The molecule has 3 N–H and O–H groups in total. The van der Waals surface area contributed by atoms with Gasteiger partial charge in [0.25, 0.3) is 11.8 Å². The Morgan fingerprint density at radius 3 is 2.49 bits per heavy atom. The molecule has 1 atom stereocenters. The summed E-state index contributed by atoms with van der Waals surface area (Å²) in [7, 11) is 0. The van der Waals surface area contributed by atoms with Crippen molar-refractivity contribution in [2.45, 2.75) is 95.0 Å². The number of piperidine rings is 2. The van der Waals surface area contributed by atoms with E-state index >= 15 is 0 Å². The molecule has 2 saturated heterocycles. The number of ether oxygens (including phenoxy) is 1. The molecule has 4 heterocycles. The number of rotatable bonds is 9. The highest BCUT2D eigenvalue weighted by molar-refractivity contribution is 6.06. The summed E-state index contributed by atoms with van der Waals surface area (Å²) in [5.74, 6) is 0.807. The van der Waals surface area contributed by atoms with Gasteiger partial charge in [-0.15, -0.1) is 0 Å². The molecule has 2 saturated carbocycles. The maximum Gasteiger partial charge on any atom is 0.268 e. The first-order chi connectivity index (χ1) is 21.6. The maximum absolute atomic E-state index is 13.4. The maximum atomic E-state index is 13.4. The van der Waals surface area contributed by atoms with Crippen molar-refractivity contribution < 1.29 is 23.9 Å². The fraction of sp³-hybridized carbons (Fsp3) is 0.576. The molecule has 2 aliphatic carbocycles. The summed E-state index contributed by atoms with van der Waals surface area (Å²) in [4.78, 5) is 64.2. The number of nitrogens with zero attached hydrogens (tertiary/aromatic N) is 5. The van der Waals surface area contributed by atoms with Crippen LogP contribution in [-0.2, 0) is 15.1 Å².